The summed E-state index contributed by atoms with van der Waals surface area (Å²) in [6, 6.07) is 8.18. The number of aliphatic hydroxyl groups is 1. The van der Waals surface area contributed by atoms with Crippen molar-refractivity contribution >= 4 is 11.8 Å². The normalized spacial score (nSPS) is 12.4. The largest absolute Gasteiger partial charge is 0.387 e. The first-order chi connectivity index (χ1) is 8.65. The van der Waals surface area contributed by atoms with Gasteiger partial charge in [0.15, 0.2) is 0 Å². The van der Waals surface area contributed by atoms with Crippen LogP contribution in [0.3, 0.4) is 0 Å². The van der Waals surface area contributed by atoms with E-state index in [9.17, 15) is 9.50 Å². The Balaban J connectivity index is 1.96. The molecule has 1 aromatic heterocycles. The van der Waals surface area contributed by atoms with E-state index in [4.69, 9.17) is 0 Å². The zero-order valence-corrected chi connectivity index (χ0v) is 10.8. The molecule has 1 atom stereocenters. The second kappa shape index (κ2) is 5.98. The topological polar surface area (TPSA) is 33.1 Å². The van der Waals surface area contributed by atoms with Gasteiger partial charge in [-0.1, -0.05) is 6.07 Å². The van der Waals surface area contributed by atoms with Crippen molar-refractivity contribution in [3.05, 3.63) is 59.7 Å². The molecule has 2 rings (SSSR count). The van der Waals surface area contributed by atoms with Crippen LogP contribution in [0, 0.1) is 12.7 Å². The summed E-state index contributed by atoms with van der Waals surface area (Å²) in [5.74, 6) is 0.277. The molecule has 4 heteroatoms. The summed E-state index contributed by atoms with van der Waals surface area (Å²) in [6.45, 7) is 1.94. The van der Waals surface area contributed by atoms with Crippen LogP contribution in [0.15, 0.2) is 47.6 Å². The minimum atomic E-state index is -0.563. The zero-order chi connectivity index (χ0) is 13.0. The summed E-state index contributed by atoms with van der Waals surface area (Å²) in [6.07, 6.45) is 2.86. The number of rotatable bonds is 4. The summed E-state index contributed by atoms with van der Waals surface area (Å²) in [7, 11) is 0. The van der Waals surface area contributed by atoms with Crippen molar-refractivity contribution < 1.29 is 9.50 Å². The van der Waals surface area contributed by atoms with Crippen LogP contribution in [0.4, 0.5) is 4.39 Å². The van der Waals surface area contributed by atoms with Crippen LogP contribution in [-0.4, -0.2) is 15.8 Å². The lowest BCUT2D eigenvalue weighted by Crippen LogP contribution is -2.01. The van der Waals surface area contributed by atoms with Gasteiger partial charge in [-0.25, -0.2) is 4.39 Å². The van der Waals surface area contributed by atoms with Crippen LogP contribution in [-0.2, 0) is 0 Å². The van der Waals surface area contributed by atoms with E-state index in [1.165, 1.54) is 23.9 Å². The predicted molar refractivity (Wildman–Crippen MR) is 71.1 cm³/mol. The van der Waals surface area contributed by atoms with Gasteiger partial charge in [0.25, 0.3) is 0 Å². The molecule has 0 spiro atoms. The van der Waals surface area contributed by atoms with E-state index in [2.05, 4.69) is 4.98 Å². The number of hydrogen-bond acceptors (Lipinski definition) is 3. The van der Waals surface area contributed by atoms with Crippen LogP contribution in [0.5, 0.6) is 0 Å². The summed E-state index contributed by atoms with van der Waals surface area (Å²) >= 11 is 1.49. The minimum Gasteiger partial charge on any atom is -0.387 e. The van der Waals surface area contributed by atoms with Gasteiger partial charge in [-0.3, -0.25) is 4.98 Å². The molecule has 1 N–H and O–H groups in total. The fourth-order valence-electron chi connectivity index (χ4n) is 1.56. The SMILES string of the molecule is Cc1cncc(C(O)CSc2ccc(F)cc2)c1. The van der Waals surface area contributed by atoms with Gasteiger partial charge in [0.1, 0.15) is 5.82 Å². The highest BCUT2D eigenvalue weighted by Gasteiger charge is 2.08. The van der Waals surface area contributed by atoms with Crippen molar-refractivity contribution in [3.63, 3.8) is 0 Å². The first-order valence-corrected chi connectivity index (χ1v) is 6.61. The molecular weight excluding hydrogens is 249 g/mol. The van der Waals surface area contributed by atoms with E-state index in [0.717, 1.165) is 16.0 Å². The van der Waals surface area contributed by atoms with Gasteiger partial charge >= 0.3 is 0 Å². The standard InChI is InChI=1S/C14H14FNOS/c1-10-6-11(8-16-7-10)14(17)9-18-13-4-2-12(15)3-5-13/h2-8,14,17H,9H2,1H3. The van der Waals surface area contributed by atoms with Crippen molar-refractivity contribution in [3.8, 4) is 0 Å². The van der Waals surface area contributed by atoms with Gasteiger partial charge in [0.2, 0.25) is 0 Å². The second-order valence-electron chi connectivity index (χ2n) is 4.08. The first-order valence-electron chi connectivity index (χ1n) is 5.63. The number of aliphatic hydroxyl groups excluding tert-OH is 1. The molecule has 1 heterocycles. The van der Waals surface area contributed by atoms with Crippen molar-refractivity contribution in [2.75, 3.05) is 5.75 Å². The molecule has 1 unspecified atom stereocenters. The molecule has 0 radical (unpaired) electrons. The fraction of sp³-hybridized carbons (Fsp3) is 0.214. The van der Waals surface area contributed by atoms with E-state index in [1.807, 2.05) is 13.0 Å². The highest BCUT2D eigenvalue weighted by Crippen LogP contribution is 2.24. The van der Waals surface area contributed by atoms with E-state index in [-0.39, 0.29) is 5.82 Å². The Morgan fingerprint density at radius 1 is 1.28 bits per heavy atom. The van der Waals surface area contributed by atoms with Gasteiger partial charge < -0.3 is 5.11 Å². The van der Waals surface area contributed by atoms with Gasteiger partial charge in [0.05, 0.1) is 6.10 Å². The van der Waals surface area contributed by atoms with Crippen LogP contribution in [0.25, 0.3) is 0 Å². The van der Waals surface area contributed by atoms with Gasteiger partial charge in [-0.05, 0) is 42.3 Å². The second-order valence-corrected chi connectivity index (χ2v) is 5.17. The number of nitrogens with zero attached hydrogens (tertiary/aromatic N) is 1. The van der Waals surface area contributed by atoms with Crippen LogP contribution in [0.1, 0.15) is 17.2 Å². The molecule has 2 aromatic rings. The summed E-state index contributed by atoms with van der Waals surface area (Å²) in [4.78, 5) is 4.99. The van der Waals surface area contributed by atoms with Gasteiger partial charge in [-0.15, -0.1) is 11.8 Å². The van der Waals surface area contributed by atoms with Crippen LogP contribution in [0.2, 0.25) is 0 Å². The maximum atomic E-state index is 12.7. The predicted octanol–water partition coefficient (Wildman–Crippen LogP) is 3.35. The van der Waals surface area contributed by atoms with Crippen molar-refractivity contribution in [2.24, 2.45) is 0 Å². The number of benzene rings is 1. The minimum absolute atomic E-state index is 0.247. The third-order valence-electron chi connectivity index (χ3n) is 2.50. The van der Waals surface area contributed by atoms with E-state index >= 15 is 0 Å². The molecular formula is C14H14FNOS. The molecule has 1 aromatic carbocycles. The smallest absolute Gasteiger partial charge is 0.123 e. The van der Waals surface area contributed by atoms with E-state index in [0.29, 0.717) is 5.75 Å². The molecule has 0 aliphatic rings. The Bertz CT molecular complexity index is 515. The number of thioether (sulfide) groups is 1. The molecule has 0 fully saturated rings. The monoisotopic (exact) mass is 263 g/mol. The number of aromatic nitrogens is 1. The van der Waals surface area contributed by atoms with Crippen LogP contribution >= 0.6 is 11.8 Å². The quantitative estimate of drug-likeness (QED) is 0.859. The third kappa shape index (κ3) is 3.55. The van der Waals surface area contributed by atoms with Gasteiger partial charge in [0, 0.05) is 23.0 Å². The van der Waals surface area contributed by atoms with Gasteiger partial charge in [-0.2, -0.15) is 0 Å². The highest BCUT2D eigenvalue weighted by atomic mass is 32.2. The summed E-state index contributed by atoms with van der Waals surface area (Å²) in [5.41, 5.74) is 1.84. The lowest BCUT2D eigenvalue weighted by Gasteiger charge is -2.10. The Hall–Kier alpha value is -1.39. The molecule has 0 saturated heterocycles. The maximum absolute atomic E-state index is 12.7. The van der Waals surface area contributed by atoms with Crippen molar-refractivity contribution in [1.82, 2.24) is 4.98 Å². The zero-order valence-electron chi connectivity index (χ0n) is 10.0. The highest BCUT2D eigenvalue weighted by molar-refractivity contribution is 7.99. The Morgan fingerprint density at radius 3 is 2.67 bits per heavy atom. The average Bonchev–Trinajstić information content (AvgIpc) is 2.38. The summed E-state index contributed by atoms with van der Waals surface area (Å²) in [5, 5.41) is 10.0. The lowest BCUT2D eigenvalue weighted by molar-refractivity contribution is 0.203. The van der Waals surface area contributed by atoms with E-state index < -0.39 is 6.10 Å². The number of hydrogen-bond donors (Lipinski definition) is 1. The molecule has 0 aliphatic heterocycles. The molecule has 2 nitrogen and oxygen atoms in total. The Labute approximate surface area is 110 Å². The molecule has 18 heavy (non-hydrogen) atoms. The van der Waals surface area contributed by atoms with E-state index in [1.54, 1.807) is 24.5 Å². The Morgan fingerprint density at radius 2 is 2.00 bits per heavy atom. The maximum Gasteiger partial charge on any atom is 0.123 e. The lowest BCUT2D eigenvalue weighted by atomic mass is 10.1. The molecule has 0 bridgehead atoms. The Kier molecular flexibility index (Phi) is 4.33. The number of halogens is 1. The van der Waals surface area contributed by atoms with Crippen molar-refractivity contribution in [1.29, 1.82) is 0 Å². The number of aryl methyl sites for hydroxylation is 1. The first kappa shape index (κ1) is 13.1. The summed E-state index contributed by atoms with van der Waals surface area (Å²) < 4.78 is 12.7. The third-order valence-corrected chi connectivity index (χ3v) is 3.59. The molecule has 94 valence electrons. The molecule has 0 amide bonds. The average molecular weight is 263 g/mol. The number of pyridine rings is 1. The fourth-order valence-corrected chi connectivity index (χ4v) is 2.43. The molecule has 0 aliphatic carbocycles. The van der Waals surface area contributed by atoms with Crippen molar-refractivity contribution in [2.45, 2.75) is 17.9 Å². The molecule has 0 saturated carbocycles. The van der Waals surface area contributed by atoms with Crippen LogP contribution < -0.4 is 0 Å².